The number of amidine groups is 1. The predicted molar refractivity (Wildman–Crippen MR) is 59.0 cm³/mol. The maximum atomic E-state index is 5.58. The van der Waals surface area contributed by atoms with Crippen LogP contribution in [0.3, 0.4) is 0 Å². The number of nitrogens with one attached hydrogen (secondary N) is 1. The largest absolute Gasteiger partial charge is 0.312 e. The Bertz CT molecular complexity index is 225. The van der Waals surface area contributed by atoms with E-state index in [2.05, 4.69) is 17.3 Å². The summed E-state index contributed by atoms with van der Waals surface area (Å²) in [6.07, 6.45) is 8.99. The fourth-order valence-corrected chi connectivity index (χ4v) is 2.32. The van der Waals surface area contributed by atoms with E-state index in [1.165, 1.54) is 44.9 Å². The molecule has 2 fully saturated rings. The Morgan fingerprint density at radius 2 is 1.93 bits per heavy atom. The first-order valence-corrected chi connectivity index (χ1v) is 5.79. The van der Waals surface area contributed by atoms with Gasteiger partial charge in [-0.3, -0.25) is 4.99 Å². The highest BCUT2D eigenvalue weighted by atomic mass is 15.3. The van der Waals surface area contributed by atoms with Crippen LogP contribution in [0, 0.1) is 5.41 Å². The van der Waals surface area contributed by atoms with Gasteiger partial charge in [0.25, 0.3) is 0 Å². The van der Waals surface area contributed by atoms with Crippen molar-refractivity contribution in [3.05, 3.63) is 0 Å². The molecular formula is C11H21N3. The molecule has 0 bridgehead atoms. The Morgan fingerprint density at radius 3 is 2.43 bits per heavy atom. The van der Waals surface area contributed by atoms with Gasteiger partial charge in [0, 0.05) is 5.41 Å². The molecule has 0 aromatic heterocycles. The SMILES string of the molecule is CC1(C(=NC2CC2)NN)CCCCC1. The van der Waals surface area contributed by atoms with Crippen LogP contribution >= 0.6 is 0 Å². The molecule has 0 amide bonds. The molecule has 0 heterocycles. The lowest BCUT2D eigenvalue weighted by Gasteiger charge is -2.34. The molecular weight excluding hydrogens is 174 g/mol. The van der Waals surface area contributed by atoms with Gasteiger partial charge in [0.2, 0.25) is 0 Å². The molecule has 0 atom stereocenters. The summed E-state index contributed by atoms with van der Waals surface area (Å²) in [4.78, 5) is 4.68. The van der Waals surface area contributed by atoms with Crippen molar-refractivity contribution < 1.29 is 0 Å². The lowest BCUT2D eigenvalue weighted by Crippen LogP contribution is -2.44. The van der Waals surface area contributed by atoms with Crippen LogP contribution in [-0.2, 0) is 0 Å². The second-order valence-electron chi connectivity index (χ2n) is 4.97. The molecule has 2 aliphatic carbocycles. The third-order valence-electron chi connectivity index (χ3n) is 3.52. The molecule has 0 unspecified atom stereocenters. The topological polar surface area (TPSA) is 50.4 Å². The molecule has 0 aliphatic heterocycles. The van der Waals surface area contributed by atoms with Gasteiger partial charge in [-0.05, 0) is 25.7 Å². The minimum Gasteiger partial charge on any atom is -0.312 e. The Hall–Kier alpha value is -0.570. The van der Waals surface area contributed by atoms with Crippen molar-refractivity contribution in [3.8, 4) is 0 Å². The molecule has 3 heteroatoms. The van der Waals surface area contributed by atoms with E-state index in [4.69, 9.17) is 5.84 Å². The van der Waals surface area contributed by atoms with Crippen LogP contribution in [0.15, 0.2) is 4.99 Å². The Labute approximate surface area is 86.1 Å². The van der Waals surface area contributed by atoms with Crippen molar-refractivity contribution in [2.45, 2.75) is 57.9 Å². The summed E-state index contributed by atoms with van der Waals surface area (Å²) in [5.41, 5.74) is 3.07. The van der Waals surface area contributed by atoms with Gasteiger partial charge in [-0.1, -0.05) is 26.2 Å². The van der Waals surface area contributed by atoms with Crippen molar-refractivity contribution in [1.29, 1.82) is 0 Å². The predicted octanol–water partition coefficient (Wildman–Crippen LogP) is 1.98. The number of nitrogens with two attached hydrogens (primary N) is 1. The smallest absolute Gasteiger partial charge is 0.117 e. The lowest BCUT2D eigenvalue weighted by molar-refractivity contribution is 0.304. The second-order valence-corrected chi connectivity index (χ2v) is 4.97. The third-order valence-corrected chi connectivity index (χ3v) is 3.52. The van der Waals surface area contributed by atoms with Crippen LogP contribution in [0.25, 0.3) is 0 Å². The van der Waals surface area contributed by atoms with Crippen molar-refractivity contribution in [2.24, 2.45) is 16.3 Å². The fourth-order valence-electron chi connectivity index (χ4n) is 2.32. The van der Waals surface area contributed by atoms with Gasteiger partial charge in [0.15, 0.2) is 0 Å². The highest BCUT2D eigenvalue weighted by Gasteiger charge is 2.34. The molecule has 2 saturated carbocycles. The maximum Gasteiger partial charge on any atom is 0.117 e. The number of nitrogens with zero attached hydrogens (tertiary/aromatic N) is 1. The second kappa shape index (κ2) is 3.89. The summed E-state index contributed by atoms with van der Waals surface area (Å²) in [5, 5.41) is 0. The van der Waals surface area contributed by atoms with E-state index in [-0.39, 0.29) is 5.41 Å². The number of rotatable bonds is 2. The van der Waals surface area contributed by atoms with E-state index in [1.807, 2.05) is 0 Å². The average molecular weight is 195 g/mol. The molecule has 80 valence electrons. The van der Waals surface area contributed by atoms with E-state index in [1.54, 1.807) is 0 Å². The average Bonchev–Trinajstić information content (AvgIpc) is 2.98. The van der Waals surface area contributed by atoms with E-state index in [0.717, 1.165) is 5.84 Å². The zero-order chi connectivity index (χ0) is 10.0. The highest BCUT2D eigenvalue weighted by molar-refractivity contribution is 5.87. The van der Waals surface area contributed by atoms with E-state index < -0.39 is 0 Å². The van der Waals surface area contributed by atoms with Crippen LogP contribution in [0.2, 0.25) is 0 Å². The maximum absolute atomic E-state index is 5.58. The number of hydrogen-bond donors (Lipinski definition) is 2. The number of hydrazine groups is 1. The summed E-state index contributed by atoms with van der Waals surface area (Å²) in [6.45, 7) is 2.30. The summed E-state index contributed by atoms with van der Waals surface area (Å²) in [6, 6.07) is 0.569. The third kappa shape index (κ3) is 2.08. The minimum atomic E-state index is 0.232. The van der Waals surface area contributed by atoms with Crippen LogP contribution < -0.4 is 11.3 Å². The van der Waals surface area contributed by atoms with Gasteiger partial charge in [-0.25, -0.2) is 5.84 Å². The Morgan fingerprint density at radius 1 is 1.29 bits per heavy atom. The van der Waals surface area contributed by atoms with E-state index in [9.17, 15) is 0 Å². The summed E-state index contributed by atoms with van der Waals surface area (Å²) >= 11 is 0. The molecule has 0 radical (unpaired) electrons. The number of hydrogen-bond acceptors (Lipinski definition) is 2. The van der Waals surface area contributed by atoms with Crippen molar-refractivity contribution in [2.75, 3.05) is 0 Å². The molecule has 0 aromatic carbocycles. The molecule has 0 spiro atoms. The zero-order valence-electron chi connectivity index (χ0n) is 9.05. The summed E-state index contributed by atoms with van der Waals surface area (Å²) < 4.78 is 0. The Kier molecular flexibility index (Phi) is 2.77. The van der Waals surface area contributed by atoms with E-state index >= 15 is 0 Å². The normalized spacial score (nSPS) is 27.4. The fraction of sp³-hybridized carbons (Fsp3) is 0.909. The van der Waals surface area contributed by atoms with Crippen LogP contribution in [0.5, 0.6) is 0 Å². The quantitative estimate of drug-likeness (QED) is 0.306. The first kappa shape index (κ1) is 9.97. The molecule has 0 saturated heterocycles. The van der Waals surface area contributed by atoms with Gasteiger partial charge in [0.1, 0.15) is 5.84 Å². The summed E-state index contributed by atoms with van der Waals surface area (Å²) in [5.74, 6) is 6.64. The van der Waals surface area contributed by atoms with Crippen molar-refractivity contribution in [3.63, 3.8) is 0 Å². The van der Waals surface area contributed by atoms with Crippen LogP contribution in [-0.4, -0.2) is 11.9 Å². The van der Waals surface area contributed by atoms with Crippen molar-refractivity contribution in [1.82, 2.24) is 5.43 Å². The van der Waals surface area contributed by atoms with Crippen molar-refractivity contribution >= 4 is 5.84 Å². The number of aliphatic imine (C=N–C) groups is 1. The summed E-state index contributed by atoms with van der Waals surface area (Å²) in [7, 11) is 0. The highest BCUT2D eigenvalue weighted by Crippen LogP contribution is 2.37. The van der Waals surface area contributed by atoms with Gasteiger partial charge in [0.05, 0.1) is 6.04 Å². The molecule has 3 N–H and O–H groups in total. The van der Waals surface area contributed by atoms with E-state index in [0.29, 0.717) is 6.04 Å². The molecule has 14 heavy (non-hydrogen) atoms. The van der Waals surface area contributed by atoms with Gasteiger partial charge in [-0.2, -0.15) is 0 Å². The molecule has 2 rings (SSSR count). The van der Waals surface area contributed by atoms with Crippen LogP contribution in [0.1, 0.15) is 51.9 Å². The lowest BCUT2D eigenvalue weighted by atomic mass is 9.75. The molecule has 3 nitrogen and oxygen atoms in total. The first-order valence-electron chi connectivity index (χ1n) is 5.79. The Balaban J connectivity index is 2.07. The standard InChI is InChI=1S/C11H21N3/c1-11(7-3-2-4-8-11)10(14-12)13-9-5-6-9/h9H,2-8,12H2,1H3,(H,13,14). The monoisotopic (exact) mass is 195 g/mol. The molecule has 2 aliphatic rings. The minimum absolute atomic E-state index is 0.232. The van der Waals surface area contributed by atoms with Gasteiger partial charge < -0.3 is 5.43 Å². The van der Waals surface area contributed by atoms with Crippen LogP contribution in [0.4, 0.5) is 0 Å². The zero-order valence-corrected chi connectivity index (χ0v) is 9.05. The molecule has 0 aromatic rings. The van der Waals surface area contributed by atoms with Gasteiger partial charge in [-0.15, -0.1) is 0 Å². The first-order chi connectivity index (χ1) is 6.74. The van der Waals surface area contributed by atoms with Gasteiger partial charge >= 0.3 is 0 Å².